The quantitative estimate of drug-likeness (QED) is 0.848. The van der Waals surface area contributed by atoms with Gasteiger partial charge in [0, 0.05) is 5.56 Å². The summed E-state index contributed by atoms with van der Waals surface area (Å²) < 4.78 is 38.2. The Kier molecular flexibility index (Phi) is 3.10. The van der Waals surface area contributed by atoms with Gasteiger partial charge in [-0.1, -0.05) is 36.4 Å². The van der Waals surface area contributed by atoms with Crippen LogP contribution in [0.25, 0.3) is 10.8 Å². The molecule has 2 rings (SSSR count). The average Bonchev–Trinajstić information content (AvgIpc) is 2.36. The van der Waals surface area contributed by atoms with Crippen molar-refractivity contribution in [2.24, 2.45) is 5.73 Å². The Labute approximate surface area is 108 Å². The molecule has 0 amide bonds. The molecule has 1 unspecified atom stereocenters. The van der Waals surface area contributed by atoms with Crippen molar-refractivity contribution in [3.63, 3.8) is 0 Å². The molecule has 0 heterocycles. The lowest BCUT2D eigenvalue weighted by Gasteiger charge is -2.26. The third-order valence-corrected chi connectivity index (χ3v) is 3.07. The Morgan fingerprint density at radius 1 is 1.05 bits per heavy atom. The molecule has 0 saturated heterocycles. The first-order chi connectivity index (χ1) is 8.73. The van der Waals surface area contributed by atoms with Crippen LogP contribution in [0.3, 0.4) is 0 Å². The predicted octanol–water partition coefficient (Wildman–Crippen LogP) is 3.30. The van der Waals surface area contributed by atoms with Crippen molar-refractivity contribution in [2.75, 3.05) is 0 Å². The van der Waals surface area contributed by atoms with E-state index in [2.05, 4.69) is 0 Å². The predicted molar refractivity (Wildman–Crippen MR) is 66.9 cm³/mol. The van der Waals surface area contributed by atoms with Crippen molar-refractivity contribution >= 4 is 16.6 Å². The number of rotatable bonds is 2. The van der Waals surface area contributed by atoms with Gasteiger partial charge in [0.25, 0.3) is 0 Å². The monoisotopic (exact) mass is 267 g/mol. The SMILES string of the molecule is CC(N)(C(=O)c1ccc2ccccc2c1)C(F)(F)F. The molecule has 0 spiro atoms. The normalized spacial score (nSPS) is 15.2. The highest BCUT2D eigenvalue weighted by molar-refractivity contribution is 6.05. The van der Waals surface area contributed by atoms with E-state index in [1.807, 2.05) is 12.1 Å². The van der Waals surface area contributed by atoms with E-state index in [9.17, 15) is 18.0 Å². The molecule has 1 atom stereocenters. The number of ketones is 1. The minimum absolute atomic E-state index is 0.0407. The smallest absolute Gasteiger partial charge is 0.311 e. The summed E-state index contributed by atoms with van der Waals surface area (Å²) in [6.07, 6.45) is -4.78. The highest BCUT2D eigenvalue weighted by Gasteiger charge is 2.53. The number of carbonyl (C=O) groups excluding carboxylic acids is 1. The molecule has 0 fully saturated rings. The van der Waals surface area contributed by atoms with Crippen LogP contribution in [0.4, 0.5) is 13.2 Å². The highest BCUT2D eigenvalue weighted by atomic mass is 19.4. The van der Waals surface area contributed by atoms with Crippen molar-refractivity contribution in [3.05, 3.63) is 48.0 Å². The Hall–Kier alpha value is -1.88. The second-order valence-electron chi connectivity index (χ2n) is 4.59. The van der Waals surface area contributed by atoms with Gasteiger partial charge in [-0.3, -0.25) is 4.79 Å². The molecule has 0 aromatic heterocycles. The molecule has 100 valence electrons. The third-order valence-electron chi connectivity index (χ3n) is 3.07. The van der Waals surface area contributed by atoms with E-state index in [0.29, 0.717) is 12.3 Å². The minimum Gasteiger partial charge on any atom is -0.311 e. The standard InChI is InChI=1S/C14H12F3NO/c1-13(18,14(15,16)17)12(19)11-7-6-9-4-2-3-5-10(9)8-11/h2-8H,18H2,1H3. The fourth-order valence-corrected chi connectivity index (χ4v) is 1.76. The summed E-state index contributed by atoms with van der Waals surface area (Å²) in [5.74, 6) is -1.13. The fourth-order valence-electron chi connectivity index (χ4n) is 1.76. The number of alkyl halides is 3. The number of fused-ring (bicyclic) bond motifs is 1. The lowest BCUT2D eigenvalue weighted by molar-refractivity contribution is -0.165. The zero-order chi connectivity index (χ0) is 14.3. The Balaban J connectivity index is 2.48. The van der Waals surface area contributed by atoms with Crippen LogP contribution in [-0.4, -0.2) is 17.5 Å². The lowest BCUT2D eigenvalue weighted by atomic mass is 9.90. The van der Waals surface area contributed by atoms with Gasteiger partial charge in [0.15, 0.2) is 11.3 Å². The van der Waals surface area contributed by atoms with Crippen molar-refractivity contribution in [1.82, 2.24) is 0 Å². The molecule has 0 aliphatic carbocycles. The Morgan fingerprint density at radius 2 is 1.63 bits per heavy atom. The second-order valence-corrected chi connectivity index (χ2v) is 4.59. The van der Waals surface area contributed by atoms with Crippen LogP contribution in [0.15, 0.2) is 42.5 Å². The zero-order valence-corrected chi connectivity index (χ0v) is 10.2. The van der Waals surface area contributed by atoms with E-state index < -0.39 is 17.5 Å². The molecule has 0 radical (unpaired) electrons. The van der Waals surface area contributed by atoms with Crippen molar-refractivity contribution in [3.8, 4) is 0 Å². The van der Waals surface area contributed by atoms with Crippen LogP contribution in [-0.2, 0) is 0 Å². The van der Waals surface area contributed by atoms with E-state index in [1.54, 1.807) is 18.2 Å². The lowest BCUT2D eigenvalue weighted by Crippen LogP contribution is -2.57. The first-order valence-corrected chi connectivity index (χ1v) is 5.63. The van der Waals surface area contributed by atoms with Crippen LogP contribution >= 0.6 is 0 Å². The minimum atomic E-state index is -4.78. The van der Waals surface area contributed by atoms with Gasteiger partial charge in [0.2, 0.25) is 0 Å². The van der Waals surface area contributed by atoms with Gasteiger partial charge in [0.05, 0.1) is 0 Å². The molecule has 5 heteroatoms. The fraction of sp³-hybridized carbons (Fsp3) is 0.214. The summed E-state index contributed by atoms with van der Waals surface area (Å²) in [6.45, 7) is 0.685. The van der Waals surface area contributed by atoms with Gasteiger partial charge >= 0.3 is 6.18 Å². The summed E-state index contributed by atoms with van der Waals surface area (Å²) in [5.41, 5.74) is 2.22. The molecule has 2 aromatic carbocycles. The maximum Gasteiger partial charge on any atom is 0.413 e. The molecule has 0 saturated carbocycles. The molecular weight excluding hydrogens is 255 g/mol. The summed E-state index contributed by atoms with van der Waals surface area (Å²) in [4.78, 5) is 11.9. The van der Waals surface area contributed by atoms with Gasteiger partial charge < -0.3 is 5.73 Å². The van der Waals surface area contributed by atoms with Gasteiger partial charge in [-0.2, -0.15) is 13.2 Å². The van der Waals surface area contributed by atoms with E-state index in [4.69, 9.17) is 5.73 Å². The molecule has 19 heavy (non-hydrogen) atoms. The Morgan fingerprint density at radius 3 is 2.21 bits per heavy atom. The van der Waals surface area contributed by atoms with Gasteiger partial charge in [0.1, 0.15) is 0 Å². The summed E-state index contributed by atoms with van der Waals surface area (Å²) in [7, 11) is 0. The van der Waals surface area contributed by atoms with Crippen molar-refractivity contribution in [1.29, 1.82) is 0 Å². The van der Waals surface area contributed by atoms with Crippen LogP contribution in [0.1, 0.15) is 17.3 Å². The van der Waals surface area contributed by atoms with E-state index >= 15 is 0 Å². The van der Waals surface area contributed by atoms with Gasteiger partial charge in [-0.25, -0.2) is 0 Å². The highest BCUT2D eigenvalue weighted by Crippen LogP contribution is 2.31. The van der Waals surface area contributed by atoms with E-state index in [-0.39, 0.29) is 5.56 Å². The molecule has 2 nitrogen and oxygen atoms in total. The number of carbonyl (C=O) groups is 1. The average molecular weight is 267 g/mol. The summed E-state index contributed by atoms with van der Waals surface area (Å²) >= 11 is 0. The van der Waals surface area contributed by atoms with Crippen LogP contribution < -0.4 is 5.73 Å². The van der Waals surface area contributed by atoms with E-state index in [0.717, 1.165) is 5.39 Å². The zero-order valence-electron chi connectivity index (χ0n) is 10.2. The molecule has 0 aliphatic heterocycles. The molecule has 0 bridgehead atoms. The molecule has 2 aromatic rings. The first-order valence-electron chi connectivity index (χ1n) is 5.63. The van der Waals surface area contributed by atoms with Crippen molar-refractivity contribution < 1.29 is 18.0 Å². The topological polar surface area (TPSA) is 43.1 Å². The number of hydrogen-bond donors (Lipinski definition) is 1. The van der Waals surface area contributed by atoms with Crippen LogP contribution in [0.5, 0.6) is 0 Å². The number of benzene rings is 2. The Bertz CT molecular complexity index is 632. The van der Waals surface area contributed by atoms with E-state index in [1.165, 1.54) is 12.1 Å². The van der Waals surface area contributed by atoms with Crippen molar-refractivity contribution in [2.45, 2.75) is 18.6 Å². The number of hydrogen-bond acceptors (Lipinski definition) is 2. The van der Waals surface area contributed by atoms with Gasteiger partial charge in [-0.15, -0.1) is 0 Å². The summed E-state index contributed by atoms with van der Waals surface area (Å²) in [6, 6.07) is 11.5. The second kappa shape index (κ2) is 4.35. The number of Topliss-reactive ketones (excluding diaryl/α,β-unsaturated/α-hetero) is 1. The molecule has 0 aliphatic rings. The van der Waals surface area contributed by atoms with Crippen LogP contribution in [0.2, 0.25) is 0 Å². The molecular formula is C14H12F3NO. The van der Waals surface area contributed by atoms with Crippen LogP contribution in [0, 0.1) is 0 Å². The third kappa shape index (κ3) is 2.33. The first kappa shape index (κ1) is 13.5. The number of halogens is 3. The maximum atomic E-state index is 12.7. The maximum absolute atomic E-state index is 12.7. The summed E-state index contributed by atoms with van der Waals surface area (Å²) in [5, 5.41) is 1.55. The number of nitrogens with two attached hydrogens (primary N) is 1. The van der Waals surface area contributed by atoms with Gasteiger partial charge in [-0.05, 0) is 23.8 Å². The largest absolute Gasteiger partial charge is 0.413 e. The molecule has 2 N–H and O–H groups in total.